The second-order valence-electron chi connectivity index (χ2n) is 8.15. The summed E-state index contributed by atoms with van der Waals surface area (Å²) < 4.78 is 16.7. The van der Waals surface area contributed by atoms with E-state index in [9.17, 15) is 14.7 Å². The van der Waals surface area contributed by atoms with Gasteiger partial charge in [0, 0.05) is 24.5 Å². The largest absolute Gasteiger partial charge is 0.507 e. The summed E-state index contributed by atoms with van der Waals surface area (Å²) >= 11 is 0. The number of likely N-dealkylation sites (tertiary alicyclic amines) is 1. The normalized spacial score (nSPS) is 18.5. The van der Waals surface area contributed by atoms with Gasteiger partial charge in [0.25, 0.3) is 11.7 Å². The minimum atomic E-state index is -0.793. The molecule has 0 radical (unpaired) electrons. The van der Waals surface area contributed by atoms with Crippen molar-refractivity contribution in [2.24, 2.45) is 0 Å². The maximum Gasteiger partial charge on any atom is 0.295 e. The lowest BCUT2D eigenvalue weighted by Gasteiger charge is -2.25. The highest BCUT2D eigenvalue weighted by Crippen LogP contribution is 2.42. The molecular formula is C27H24N2O6. The Hall–Kier alpha value is -4.33. The van der Waals surface area contributed by atoms with Gasteiger partial charge in [-0.1, -0.05) is 18.2 Å². The molecule has 8 heteroatoms. The van der Waals surface area contributed by atoms with Crippen molar-refractivity contribution in [2.75, 3.05) is 19.8 Å². The molecule has 3 aromatic rings. The van der Waals surface area contributed by atoms with E-state index in [-0.39, 0.29) is 17.9 Å². The molecule has 2 aliphatic heterocycles. The van der Waals surface area contributed by atoms with Crippen LogP contribution in [0.3, 0.4) is 0 Å². The smallest absolute Gasteiger partial charge is 0.295 e. The molecule has 5 rings (SSSR count). The zero-order valence-electron chi connectivity index (χ0n) is 19.1. The molecule has 1 amide bonds. The van der Waals surface area contributed by atoms with Gasteiger partial charge >= 0.3 is 0 Å². The third kappa shape index (κ3) is 4.30. The summed E-state index contributed by atoms with van der Waals surface area (Å²) in [6, 6.07) is 14.9. The number of hydrogen-bond acceptors (Lipinski definition) is 7. The lowest BCUT2D eigenvalue weighted by molar-refractivity contribution is -0.140. The van der Waals surface area contributed by atoms with E-state index in [0.717, 1.165) is 5.56 Å². The van der Waals surface area contributed by atoms with Crippen LogP contribution in [0.15, 0.2) is 72.6 Å². The fraction of sp³-hybridized carbons (Fsp3) is 0.222. The molecule has 1 atom stereocenters. The molecule has 178 valence electrons. The lowest BCUT2D eigenvalue weighted by atomic mass is 9.95. The van der Waals surface area contributed by atoms with Crippen molar-refractivity contribution in [1.29, 1.82) is 0 Å². The van der Waals surface area contributed by atoms with E-state index in [2.05, 4.69) is 4.98 Å². The average molecular weight is 472 g/mol. The van der Waals surface area contributed by atoms with Gasteiger partial charge in [0.2, 0.25) is 0 Å². The molecule has 0 spiro atoms. The third-order valence-corrected chi connectivity index (χ3v) is 5.94. The predicted octanol–water partition coefficient (Wildman–Crippen LogP) is 3.87. The van der Waals surface area contributed by atoms with Gasteiger partial charge in [0.1, 0.15) is 24.7 Å². The zero-order valence-corrected chi connectivity index (χ0v) is 19.1. The zero-order chi connectivity index (χ0) is 24.4. The van der Waals surface area contributed by atoms with Gasteiger partial charge in [0.15, 0.2) is 11.5 Å². The number of aliphatic hydroxyl groups is 1. The highest BCUT2D eigenvalue weighted by Gasteiger charge is 2.46. The summed E-state index contributed by atoms with van der Waals surface area (Å²) in [5.74, 6) is 0.00239. The van der Waals surface area contributed by atoms with Crippen LogP contribution in [-0.2, 0) is 16.1 Å². The monoisotopic (exact) mass is 472 g/mol. The quantitative estimate of drug-likeness (QED) is 0.330. The van der Waals surface area contributed by atoms with Crippen LogP contribution in [0.5, 0.6) is 17.2 Å². The van der Waals surface area contributed by atoms with Crippen LogP contribution in [0, 0.1) is 0 Å². The Morgan fingerprint density at radius 3 is 2.57 bits per heavy atom. The van der Waals surface area contributed by atoms with Crippen molar-refractivity contribution in [2.45, 2.75) is 19.5 Å². The molecule has 35 heavy (non-hydrogen) atoms. The molecule has 0 saturated carbocycles. The van der Waals surface area contributed by atoms with Crippen LogP contribution >= 0.6 is 0 Å². The van der Waals surface area contributed by atoms with Crippen LogP contribution in [0.4, 0.5) is 0 Å². The molecule has 1 saturated heterocycles. The van der Waals surface area contributed by atoms with Crippen LogP contribution in [0.25, 0.3) is 5.76 Å². The predicted molar refractivity (Wildman–Crippen MR) is 127 cm³/mol. The number of nitrogens with zero attached hydrogens (tertiary/aromatic N) is 2. The lowest BCUT2D eigenvalue weighted by Crippen LogP contribution is -2.29. The highest BCUT2D eigenvalue weighted by atomic mass is 16.6. The number of ether oxygens (including phenoxy) is 3. The van der Waals surface area contributed by atoms with Crippen LogP contribution < -0.4 is 14.2 Å². The Labute approximate surface area is 202 Å². The van der Waals surface area contributed by atoms with Crippen molar-refractivity contribution in [3.05, 3.63) is 89.3 Å². The molecule has 2 aromatic carbocycles. The Balaban J connectivity index is 1.61. The van der Waals surface area contributed by atoms with Gasteiger partial charge in [-0.15, -0.1) is 0 Å². The van der Waals surface area contributed by atoms with E-state index in [4.69, 9.17) is 14.2 Å². The summed E-state index contributed by atoms with van der Waals surface area (Å²) in [5.41, 5.74) is 1.82. The average Bonchev–Trinajstić information content (AvgIpc) is 3.14. The summed E-state index contributed by atoms with van der Waals surface area (Å²) in [4.78, 5) is 32.0. The van der Waals surface area contributed by atoms with Crippen LogP contribution in [0.1, 0.15) is 29.7 Å². The number of Topliss-reactive ketones (excluding diaryl/α,β-unsaturated/α-hetero) is 1. The van der Waals surface area contributed by atoms with E-state index in [1.165, 1.54) is 4.90 Å². The Kier molecular flexibility index (Phi) is 6.10. The Morgan fingerprint density at radius 2 is 1.86 bits per heavy atom. The van der Waals surface area contributed by atoms with E-state index in [1.807, 2.05) is 13.0 Å². The van der Waals surface area contributed by atoms with E-state index < -0.39 is 17.7 Å². The summed E-state index contributed by atoms with van der Waals surface area (Å²) in [6.45, 7) is 3.40. The number of ketones is 1. The first kappa shape index (κ1) is 22.5. The fourth-order valence-electron chi connectivity index (χ4n) is 4.34. The second kappa shape index (κ2) is 9.50. The first-order chi connectivity index (χ1) is 17.1. The first-order valence-corrected chi connectivity index (χ1v) is 11.4. The van der Waals surface area contributed by atoms with Crippen molar-refractivity contribution in [3.63, 3.8) is 0 Å². The molecule has 0 aliphatic carbocycles. The number of rotatable bonds is 6. The molecule has 1 N–H and O–H groups in total. The number of fused-ring (bicyclic) bond motifs is 1. The van der Waals surface area contributed by atoms with Crippen molar-refractivity contribution in [1.82, 2.24) is 9.88 Å². The number of aliphatic hydroxyl groups excluding tert-OH is 1. The minimum absolute atomic E-state index is 0.0136. The number of aromatic nitrogens is 1. The summed E-state index contributed by atoms with van der Waals surface area (Å²) in [7, 11) is 0. The molecular weight excluding hydrogens is 448 g/mol. The van der Waals surface area contributed by atoms with E-state index in [1.54, 1.807) is 60.9 Å². The topological polar surface area (TPSA) is 98.2 Å². The minimum Gasteiger partial charge on any atom is -0.507 e. The third-order valence-electron chi connectivity index (χ3n) is 5.94. The Bertz CT molecular complexity index is 1290. The van der Waals surface area contributed by atoms with Gasteiger partial charge in [-0.25, -0.2) is 0 Å². The standard InChI is InChI=1S/C27H24N2O6/c1-2-33-20-8-5-18(6-9-20)24-23(25(30)19-7-10-21-22(14-19)35-13-12-34-21)26(31)27(32)29(24)16-17-4-3-11-28-15-17/h3-11,14-15,24,30H,2,12-13,16H2,1H3. The molecule has 1 aromatic heterocycles. The van der Waals surface area contributed by atoms with Crippen molar-refractivity contribution < 1.29 is 28.9 Å². The van der Waals surface area contributed by atoms with Crippen molar-refractivity contribution in [3.8, 4) is 17.2 Å². The molecule has 2 aliphatic rings. The van der Waals surface area contributed by atoms with E-state index >= 15 is 0 Å². The number of carbonyl (C=O) groups excluding carboxylic acids is 2. The van der Waals surface area contributed by atoms with Crippen molar-refractivity contribution >= 4 is 17.4 Å². The number of benzene rings is 2. The highest BCUT2D eigenvalue weighted by molar-refractivity contribution is 6.46. The van der Waals surface area contributed by atoms with Gasteiger partial charge in [-0.05, 0) is 54.4 Å². The molecule has 8 nitrogen and oxygen atoms in total. The molecule has 0 bridgehead atoms. The van der Waals surface area contributed by atoms with Crippen LogP contribution in [-0.4, -0.2) is 46.5 Å². The van der Waals surface area contributed by atoms with Gasteiger partial charge < -0.3 is 24.2 Å². The maximum absolute atomic E-state index is 13.3. The van der Waals surface area contributed by atoms with E-state index in [0.29, 0.717) is 48.2 Å². The SMILES string of the molecule is CCOc1ccc(C2C(=C(O)c3ccc4c(c3)OCCO4)C(=O)C(=O)N2Cc2cccnc2)cc1. The second-order valence-corrected chi connectivity index (χ2v) is 8.15. The molecule has 3 heterocycles. The number of carbonyl (C=O) groups is 2. The maximum atomic E-state index is 13.3. The summed E-state index contributed by atoms with van der Waals surface area (Å²) in [5, 5.41) is 11.3. The molecule has 1 fully saturated rings. The fourth-order valence-corrected chi connectivity index (χ4v) is 4.34. The number of pyridine rings is 1. The van der Waals surface area contributed by atoms with Crippen LogP contribution in [0.2, 0.25) is 0 Å². The first-order valence-electron chi connectivity index (χ1n) is 11.4. The number of hydrogen-bond donors (Lipinski definition) is 1. The van der Waals surface area contributed by atoms with Gasteiger partial charge in [-0.3, -0.25) is 14.6 Å². The van der Waals surface area contributed by atoms with Gasteiger partial charge in [-0.2, -0.15) is 0 Å². The number of amides is 1. The van der Waals surface area contributed by atoms with Gasteiger partial charge in [0.05, 0.1) is 18.2 Å². The molecule has 1 unspecified atom stereocenters. The Morgan fingerprint density at radius 1 is 1.09 bits per heavy atom. The summed E-state index contributed by atoms with van der Waals surface area (Å²) in [6.07, 6.45) is 3.29.